The number of benzene rings is 3. The van der Waals surface area contributed by atoms with Crippen LogP contribution in [0.5, 0.6) is 34.5 Å². The Hall–Kier alpha value is -3.72. The predicted octanol–water partition coefficient (Wildman–Crippen LogP) is 12.8. The van der Waals surface area contributed by atoms with E-state index in [1.54, 1.807) is 0 Å². The first-order valence-corrected chi connectivity index (χ1v) is 25.6. The molecule has 3 aromatic rings. The van der Waals surface area contributed by atoms with Gasteiger partial charge >= 0.3 is 0 Å². The summed E-state index contributed by atoms with van der Waals surface area (Å²) in [6.45, 7) is 16.8. The van der Waals surface area contributed by atoms with Crippen molar-refractivity contribution in [2.24, 2.45) is 23.2 Å². The Labute approximate surface area is 377 Å². The van der Waals surface area contributed by atoms with Crippen LogP contribution in [0.25, 0.3) is 0 Å². The molecule has 0 unspecified atom stereocenters. The SMILES string of the molecule is CCCCOc1cc(OCCCC)c([S+](c2ccccc2)c2c(OCCCC)cc(OCCCC)cc2OCCCC)c(OCCCC)c1.O=C([O-])C12CC3CC(CC(C3)C1)C2. The van der Waals surface area contributed by atoms with E-state index in [-0.39, 0.29) is 0 Å². The Kier molecular flexibility index (Phi) is 20.8. The van der Waals surface area contributed by atoms with Crippen LogP contribution in [-0.4, -0.2) is 45.6 Å². The van der Waals surface area contributed by atoms with Crippen LogP contribution in [0, 0.1) is 23.2 Å². The molecule has 0 N–H and O–H groups in total. The van der Waals surface area contributed by atoms with Crippen LogP contribution in [0.4, 0.5) is 0 Å². The Morgan fingerprint density at radius 2 is 0.823 bits per heavy atom. The third-order valence-electron chi connectivity index (χ3n) is 12.4. The molecule has 62 heavy (non-hydrogen) atoms. The van der Waals surface area contributed by atoms with Gasteiger partial charge in [-0.2, -0.15) is 0 Å². The number of hydrogen-bond acceptors (Lipinski definition) is 8. The standard InChI is InChI=1S/C42H63O6S.C11H16O2/c1-7-13-24-43-34-30-37(45-26-15-9-3)41(38(31-34)46-27-16-10-4)49(36-22-20-19-21-23-36)42-39(47-28-17-11-5)32-35(44-25-14-8-2)33-40(42)48-29-18-12-6;12-10(13)11-4-7-1-8(5-11)3-9(2-7)6-11/h19-23,30-33H,7-18,24-29H2,1-6H3;7-9H,1-6H2,(H,12,13)/q+1;/p-1. The lowest BCUT2D eigenvalue weighted by molar-refractivity contribution is -0.327. The van der Waals surface area contributed by atoms with Crippen LogP contribution in [-0.2, 0) is 15.7 Å². The number of aliphatic carboxylic acids is 1. The van der Waals surface area contributed by atoms with Crippen LogP contribution in [0.15, 0.2) is 69.3 Å². The summed E-state index contributed by atoms with van der Waals surface area (Å²) >= 11 is 0. The number of ether oxygens (including phenoxy) is 6. The van der Waals surface area contributed by atoms with Gasteiger partial charge in [-0.3, -0.25) is 0 Å². The normalized spacial score (nSPS) is 19.8. The van der Waals surface area contributed by atoms with E-state index in [2.05, 4.69) is 96.1 Å². The van der Waals surface area contributed by atoms with E-state index >= 15 is 0 Å². The highest BCUT2D eigenvalue weighted by atomic mass is 32.2. The first-order valence-electron chi connectivity index (χ1n) is 24.4. The topological polar surface area (TPSA) is 95.5 Å². The molecule has 0 spiro atoms. The average molecular weight is 875 g/mol. The van der Waals surface area contributed by atoms with Gasteiger partial charge in [0.25, 0.3) is 9.79 Å². The average Bonchev–Trinajstić information content (AvgIpc) is 3.26. The Bertz CT molecular complexity index is 1580. The number of carbonyl (C=O) groups is 1. The molecule has 0 amide bonds. The predicted molar refractivity (Wildman–Crippen MR) is 250 cm³/mol. The molecule has 9 heteroatoms. The van der Waals surface area contributed by atoms with Crippen LogP contribution in [0.1, 0.15) is 157 Å². The van der Waals surface area contributed by atoms with Crippen LogP contribution < -0.4 is 33.5 Å². The molecule has 0 radical (unpaired) electrons. The first kappa shape index (κ1) is 49.3. The maximum absolute atomic E-state index is 11.1. The van der Waals surface area contributed by atoms with Crippen molar-refractivity contribution in [2.75, 3.05) is 39.6 Å². The van der Waals surface area contributed by atoms with Crippen molar-refractivity contribution in [3.05, 3.63) is 54.6 Å². The molecule has 4 saturated carbocycles. The van der Waals surface area contributed by atoms with Gasteiger partial charge in [-0.1, -0.05) is 98.3 Å². The van der Waals surface area contributed by atoms with E-state index < -0.39 is 22.3 Å². The molecule has 0 heterocycles. The van der Waals surface area contributed by atoms with Crippen LogP contribution in [0.2, 0.25) is 0 Å². The van der Waals surface area contributed by atoms with Gasteiger partial charge in [-0.25, -0.2) is 0 Å². The molecule has 3 aromatic carbocycles. The van der Waals surface area contributed by atoms with Gasteiger partial charge in [0, 0.05) is 35.6 Å². The summed E-state index contributed by atoms with van der Waals surface area (Å²) in [6.07, 6.45) is 18.7. The first-order chi connectivity index (χ1) is 30.3. The fourth-order valence-corrected chi connectivity index (χ4v) is 11.7. The van der Waals surface area contributed by atoms with E-state index in [4.69, 9.17) is 28.4 Å². The number of unbranched alkanes of at least 4 members (excludes halogenated alkanes) is 6. The molecule has 8 nitrogen and oxygen atoms in total. The molecule has 0 atom stereocenters. The fourth-order valence-electron chi connectivity index (χ4n) is 9.33. The third-order valence-corrected chi connectivity index (χ3v) is 14.8. The van der Waals surface area contributed by atoms with E-state index in [1.165, 1.54) is 19.3 Å². The zero-order valence-corrected chi connectivity index (χ0v) is 39.9. The van der Waals surface area contributed by atoms with E-state index in [0.29, 0.717) is 57.4 Å². The van der Waals surface area contributed by atoms with Gasteiger partial charge in [-0.05, 0) is 107 Å². The Morgan fingerprint density at radius 1 is 0.516 bits per heavy atom. The van der Waals surface area contributed by atoms with Crippen molar-refractivity contribution in [1.29, 1.82) is 0 Å². The Balaban J connectivity index is 0.000000465. The second-order valence-corrected chi connectivity index (χ2v) is 19.7. The van der Waals surface area contributed by atoms with Gasteiger partial charge in [0.05, 0.1) is 39.6 Å². The fraction of sp³-hybridized carbons (Fsp3) is 0.642. The molecular weight excluding hydrogens is 797 g/mol. The van der Waals surface area contributed by atoms with Crippen molar-refractivity contribution in [2.45, 2.75) is 172 Å². The summed E-state index contributed by atoms with van der Waals surface area (Å²) in [7, 11) is -0.725. The number of carboxylic acid groups (broad SMARTS) is 1. The Morgan fingerprint density at radius 3 is 1.11 bits per heavy atom. The maximum atomic E-state index is 11.1. The van der Waals surface area contributed by atoms with Crippen molar-refractivity contribution < 1.29 is 38.3 Å². The minimum absolute atomic E-state index is 0.394. The number of carbonyl (C=O) groups excluding carboxylic acids is 1. The lowest BCUT2D eigenvalue weighted by atomic mass is 9.49. The molecule has 4 aliphatic rings. The zero-order chi connectivity index (χ0) is 44.2. The molecule has 0 saturated heterocycles. The van der Waals surface area contributed by atoms with Crippen molar-refractivity contribution in [3.8, 4) is 34.5 Å². The van der Waals surface area contributed by atoms with E-state index in [1.807, 2.05) is 0 Å². The molecule has 4 bridgehead atoms. The third kappa shape index (κ3) is 13.9. The minimum atomic E-state index is -0.758. The second-order valence-electron chi connectivity index (χ2n) is 17.8. The number of rotatable bonds is 28. The van der Waals surface area contributed by atoms with Crippen LogP contribution >= 0.6 is 0 Å². The summed E-state index contributed by atoms with van der Waals surface area (Å²) in [5, 5.41) is 11.1. The zero-order valence-electron chi connectivity index (χ0n) is 39.1. The molecule has 4 aliphatic carbocycles. The van der Waals surface area contributed by atoms with Gasteiger partial charge in [-0.15, -0.1) is 0 Å². The van der Waals surface area contributed by atoms with Gasteiger partial charge < -0.3 is 38.3 Å². The summed E-state index contributed by atoms with van der Waals surface area (Å²) in [5.74, 6) is 6.04. The largest absolute Gasteiger partial charge is 0.550 e. The molecule has 344 valence electrons. The lowest BCUT2D eigenvalue weighted by Gasteiger charge is -2.57. The maximum Gasteiger partial charge on any atom is 0.250 e. The van der Waals surface area contributed by atoms with Crippen LogP contribution in [0.3, 0.4) is 0 Å². The van der Waals surface area contributed by atoms with Gasteiger partial charge in [0.15, 0.2) is 27.9 Å². The number of hydrogen-bond donors (Lipinski definition) is 0. The highest BCUT2D eigenvalue weighted by Crippen LogP contribution is 2.60. The van der Waals surface area contributed by atoms with E-state index in [0.717, 1.165) is 145 Å². The minimum Gasteiger partial charge on any atom is -0.550 e. The summed E-state index contributed by atoms with van der Waals surface area (Å²) in [4.78, 5) is 14.2. The molecule has 7 rings (SSSR count). The molecular formula is C53H78O8S. The van der Waals surface area contributed by atoms with Crippen molar-refractivity contribution in [1.82, 2.24) is 0 Å². The van der Waals surface area contributed by atoms with Gasteiger partial charge in [0.2, 0.25) is 0 Å². The van der Waals surface area contributed by atoms with E-state index in [9.17, 15) is 9.90 Å². The second kappa shape index (κ2) is 26.2. The molecule has 0 aromatic heterocycles. The smallest absolute Gasteiger partial charge is 0.250 e. The molecule has 0 aliphatic heterocycles. The monoisotopic (exact) mass is 875 g/mol. The highest BCUT2D eigenvalue weighted by Gasteiger charge is 2.51. The van der Waals surface area contributed by atoms with Crippen molar-refractivity contribution in [3.63, 3.8) is 0 Å². The van der Waals surface area contributed by atoms with Gasteiger partial charge in [0.1, 0.15) is 22.4 Å². The number of carboxylic acids is 1. The lowest BCUT2D eigenvalue weighted by Crippen LogP contribution is -2.54. The molecule has 4 fully saturated rings. The van der Waals surface area contributed by atoms with Crippen molar-refractivity contribution >= 4 is 16.9 Å². The summed E-state index contributed by atoms with van der Waals surface area (Å²) in [5.41, 5.74) is -0.394. The highest BCUT2D eigenvalue weighted by molar-refractivity contribution is 7.97. The summed E-state index contributed by atoms with van der Waals surface area (Å²) < 4.78 is 39.4. The quantitative estimate of drug-likeness (QED) is 0.0526. The summed E-state index contributed by atoms with van der Waals surface area (Å²) in [6, 6.07) is 18.9.